The third kappa shape index (κ3) is 4.13. The van der Waals surface area contributed by atoms with Crippen molar-refractivity contribution in [3.63, 3.8) is 0 Å². The van der Waals surface area contributed by atoms with Crippen molar-refractivity contribution in [2.24, 2.45) is 5.92 Å². The first kappa shape index (κ1) is 22.0. The number of rotatable bonds is 5. The highest BCUT2D eigenvalue weighted by atomic mass is 19.4. The van der Waals surface area contributed by atoms with Gasteiger partial charge in [-0.25, -0.2) is 0 Å². The number of alkyl halides is 3. The second-order valence-corrected chi connectivity index (χ2v) is 8.06. The van der Waals surface area contributed by atoms with Crippen molar-refractivity contribution in [2.45, 2.75) is 18.6 Å². The normalized spacial score (nSPS) is 20.2. The van der Waals surface area contributed by atoms with Gasteiger partial charge in [0.25, 0.3) is 0 Å². The zero-order valence-electron chi connectivity index (χ0n) is 17.9. The van der Waals surface area contributed by atoms with E-state index < -0.39 is 17.7 Å². The minimum absolute atomic E-state index is 0.176. The van der Waals surface area contributed by atoms with Gasteiger partial charge in [0.15, 0.2) is 0 Å². The van der Waals surface area contributed by atoms with Gasteiger partial charge in [0.1, 0.15) is 5.75 Å². The average Bonchev–Trinajstić information content (AvgIpc) is 2.80. The largest absolute Gasteiger partial charge is 0.495 e. The lowest BCUT2D eigenvalue weighted by atomic mass is 9.82. The van der Waals surface area contributed by atoms with Gasteiger partial charge in [0, 0.05) is 31.9 Å². The number of hydrogen-bond donors (Lipinski definition) is 1. The lowest BCUT2D eigenvalue weighted by Crippen LogP contribution is -2.61. The predicted octanol–water partition coefficient (Wildman–Crippen LogP) is 3.88. The van der Waals surface area contributed by atoms with Crippen LogP contribution in [0, 0.1) is 5.92 Å². The molecule has 2 aromatic carbocycles. The third-order valence-corrected chi connectivity index (χ3v) is 6.22. The summed E-state index contributed by atoms with van der Waals surface area (Å²) in [5.74, 6) is 0.0907. The number of methoxy groups -OCH3 is 1. The highest BCUT2D eigenvalue weighted by molar-refractivity contribution is 5.82. The Morgan fingerprint density at radius 3 is 2.72 bits per heavy atom. The maximum absolute atomic E-state index is 13.3. The van der Waals surface area contributed by atoms with E-state index in [1.54, 1.807) is 19.3 Å². The van der Waals surface area contributed by atoms with E-state index in [4.69, 9.17) is 4.74 Å². The fourth-order valence-corrected chi connectivity index (χ4v) is 4.71. The lowest BCUT2D eigenvalue weighted by molar-refractivity contribution is -0.137. The van der Waals surface area contributed by atoms with Gasteiger partial charge in [0.2, 0.25) is 5.91 Å². The molecule has 2 aliphatic heterocycles. The molecule has 5 nitrogen and oxygen atoms in total. The molecule has 2 aliphatic rings. The van der Waals surface area contributed by atoms with Crippen molar-refractivity contribution in [2.75, 3.05) is 43.1 Å². The summed E-state index contributed by atoms with van der Waals surface area (Å²) < 4.78 is 45.4. The smallest absolute Gasteiger partial charge is 0.416 e. The van der Waals surface area contributed by atoms with Crippen molar-refractivity contribution < 1.29 is 22.7 Å². The zero-order valence-corrected chi connectivity index (χ0v) is 17.9. The Balaban J connectivity index is 1.69. The molecular formula is C24H26F3N3O2. The number of amides is 1. The van der Waals surface area contributed by atoms with E-state index in [2.05, 4.69) is 21.7 Å². The van der Waals surface area contributed by atoms with Gasteiger partial charge in [-0.2, -0.15) is 13.2 Å². The summed E-state index contributed by atoms with van der Waals surface area (Å²) in [6, 6.07) is 11.4. The summed E-state index contributed by atoms with van der Waals surface area (Å²) in [6.07, 6.45) is -2.57. The molecule has 0 bridgehead atoms. The fraction of sp³-hybridized carbons (Fsp3) is 0.375. The minimum atomic E-state index is -4.42. The predicted molar refractivity (Wildman–Crippen MR) is 118 cm³/mol. The second kappa shape index (κ2) is 8.76. The SMILES string of the molecule is C=CCNC(=O)C1Cc2cc(C(F)(F)F)ccc2N2CCN(c3ccccc3OC)CC12. The van der Waals surface area contributed by atoms with E-state index in [0.29, 0.717) is 31.7 Å². The van der Waals surface area contributed by atoms with Gasteiger partial charge in [-0.15, -0.1) is 6.58 Å². The molecule has 0 saturated carbocycles. The number of nitrogens with zero attached hydrogens (tertiary/aromatic N) is 2. The van der Waals surface area contributed by atoms with Crippen LogP contribution in [0.25, 0.3) is 0 Å². The van der Waals surface area contributed by atoms with Gasteiger partial charge < -0.3 is 19.9 Å². The van der Waals surface area contributed by atoms with Crippen LogP contribution in [0.1, 0.15) is 11.1 Å². The molecule has 2 unspecified atom stereocenters. The number of halogens is 3. The first-order valence-corrected chi connectivity index (χ1v) is 10.6. The van der Waals surface area contributed by atoms with E-state index >= 15 is 0 Å². The number of benzene rings is 2. The first-order valence-electron chi connectivity index (χ1n) is 10.6. The van der Waals surface area contributed by atoms with E-state index in [-0.39, 0.29) is 18.4 Å². The molecule has 170 valence electrons. The Bertz CT molecular complexity index is 1010. The molecular weight excluding hydrogens is 419 g/mol. The number of nitrogens with one attached hydrogen (secondary N) is 1. The van der Waals surface area contributed by atoms with Crippen LogP contribution in [0.3, 0.4) is 0 Å². The topological polar surface area (TPSA) is 44.8 Å². The van der Waals surface area contributed by atoms with Gasteiger partial charge in [-0.05, 0) is 42.3 Å². The van der Waals surface area contributed by atoms with Crippen molar-refractivity contribution in [3.05, 3.63) is 66.2 Å². The third-order valence-electron chi connectivity index (χ3n) is 6.22. The van der Waals surface area contributed by atoms with Crippen molar-refractivity contribution in [1.82, 2.24) is 5.32 Å². The average molecular weight is 445 g/mol. The molecule has 0 spiro atoms. The molecule has 0 aromatic heterocycles. The number of para-hydroxylation sites is 2. The van der Waals surface area contributed by atoms with Crippen LogP contribution < -0.4 is 19.9 Å². The molecule has 2 aromatic rings. The zero-order chi connectivity index (χ0) is 22.9. The number of hydrogen-bond acceptors (Lipinski definition) is 4. The molecule has 1 fully saturated rings. The van der Waals surface area contributed by atoms with Crippen LogP contribution in [0.5, 0.6) is 5.75 Å². The molecule has 4 rings (SSSR count). The van der Waals surface area contributed by atoms with Crippen LogP contribution in [-0.2, 0) is 17.4 Å². The Kier molecular flexibility index (Phi) is 6.04. The monoisotopic (exact) mass is 445 g/mol. The molecule has 32 heavy (non-hydrogen) atoms. The maximum atomic E-state index is 13.3. The maximum Gasteiger partial charge on any atom is 0.416 e. The summed E-state index contributed by atoms with van der Waals surface area (Å²) in [6.45, 7) is 5.76. The Morgan fingerprint density at radius 1 is 1.22 bits per heavy atom. The highest BCUT2D eigenvalue weighted by Gasteiger charge is 2.43. The molecule has 0 radical (unpaired) electrons. The Hall–Kier alpha value is -3.16. The van der Waals surface area contributed by atoms with E-state index in [0.717, 1.165) is 23.2 Å². The van der Waals surface area contributed by atoms with E-state index in [1.807, 2.05) is 24.3 Å². The molecule has 1 saturated heterocycles. The number of ether oxygens (including phenoxy) is 1. The van der Waals surface area contributed by atoms with Crippen molar-refractivity contribution in [3.8, 4) is 5.75 Å². The van der Waals surface area contributed by atoms with Gasteiger partial charge in [0.05, 0.1) is 30.3 Å². The number of anilines is 2. The summed E-state index contributed by atoms with van der Waals surface area (Å²) in [5, 5.41) is 2.84. The standard InChI is InChI=1S/C24H26F3N3O2/c1-3-10-28-23(31)18-14-16-13-17(24(25,26)27)8-9-19(16)30-12-11-29(15-21(18)30)20-6-4-5-7-22(20)32-2/h3-9,13,18,21H,1,10-12,14-15H2,2H3,(H,28,31). The first-order chi connectivity index (χ1) is 15.3. The fourth-order valence-electron chi connectivity index (χ4n) is 4.71. The molecule has 2 heterocycles. The van der Waals surface area contributed by atoms with E-state index in [9.17, 15) is 18.0 Å². The quantitative estimate of drug-likeness (QED) is 0.710. The number of fused-ring (bicyclic) bond motifs is 3. The Morgan fingerprint density at radius 2 is 2.00 bits per heavy atom. The highest BCUT2D eigenvalue weighted by Crippen LogP contribution is 2.41. The van der Waals surface area contributed by atoms with Crippen molar-refractivity contribution in [1.29, 1.82) is 0 Å². The van der Waals surface area contributed by atoms with Crippen LogP contribution in [0.4, 0.5) is 24.5 Å². The van der Waals surface area contributed by atoms with Crippen LogP contribution >= 0.6 is 0 Å². The van der Waals surface area contributed by atoms with Gasteiger partial charge in [-0.1, -0.05) is 18.2 Å². The van der Waals surface area contributed by atoms with Gasteiger partial charge in [-0.3, -0.25) is 4.79 Å². The number of carbonyl (C=O) groups is 1. The molecule has 2 atom stereocenters. The van der Waals surface area contributed by atoms with Gasteiger partial charge >= 0.3 is 6.18 Å². The second-order valence-electron chi connectivity index (χ2n) is 8.06. The van der Waals surface area contributed by atoms with E-state index in [1.165, 1.54) is 6.07 Å². The lowest BCUT2D eigenvalue weighted by Gasteiger charge is -2.49. The summed E-state index contributed by atoms with van der Waals surface area (Å²) in [5.41, 5.74) is 1.58. The minimum Gasteiger partial charge on any atom is -0.495 e. The molecule has 1 N–H and O–H groups in total. The summed E-state index contributed by atoms with van der Waals surface area (Å²) in [7, 11) is 1.62. The summed E-state index contributed by atoms with van der Waals surface area (Å²) >= 11 is 0. The summed E-state index contributed by atoms with van der Waals surface area (Å²) in [4.78, 5) is 17.3. The molecule has 8 heteroatoms. The molecule has 0 aliphatic carbocycles. The number of carbonyl (C=O) groups excluding carboxylic acids is 1. The van der Waals surface area contributed by atoms with Crippen molar-refractivity contribution >= 4 is 17.3 Å². The van der Waals surface area contributed by atoms with Crippen LogP contribution in [-0.4, -0.2) is 45.2 Å². The van der Waals surface area contributed by atoms with Crippen LogP contribution in [0.2, 0.25) is 0 Å². The van der Waals surface area contributed by atoms with Crippen LogP contribution in [0.15, 0.2) is 55.1 Å². The number of piperazine rings is 1. The molecule has 1 amide bonds. The Labute approximate surface area is 185 Å².